The summed E-state index contributed by atoms with van der Waals surface area (Å²) in [5, 5.41) is 3.91. The lowest BCUT2D eigenvalue weighted by atomic mass is 9.49. The van der Waals surface area contributed by atoms with Gasteiger partial charge in [-0.1, -0.05) is 17.7 Å². The molecule has 4 saturated carbocycles. The quantitative estimate of drug-likeness (QED) is 0.835. The number of benzene rings is 1. The van der Waals surface area contributed by atoms with E-state index in [-0.39, 0.29) is 11.3 Å². The van der Waals surface area contributed by atoms with Crippen LogP contribution in [0.15, 0.2) is 18.2 Å². The highest BCUT2D eigenvalue weighted by atomic mass is 35.5. The van der Waals surface area contributed by atoms with E-state index in [1.54, 1.807) is 0 Å². The molecule has 1 amide bonds. The minimum absolute atomic E-state index is 0.0937. The molecule has 5 rings (SSSR count). The summed E-state index contributed by atoms with van der Waals surface area (Å²) in [7, 11) is 0. The molecule has 0 heterocycles. The lowest BCUT2D eigenvalue weighted by Gasteiger charge is -2.55. The van der Waals surface area contributed by atoms with Crippen molar-refractivity contribution in [2.24, 2.45) is 23.2 Å². The van der Waals surface area contributed by atoms with Gasteiger partial charge in [0.15, 0.2) is 0 Å². The van der Waals surface area contributed by atoms with Crippen LogP contribution in [0.25, 0.3) is 0 Å². The zero-order valence-electron chi connectivity index (χ0n) is 12.5. The molecule has 21 heavy (non-hydrogen) atoms. The van der Waals surface area contributed by atoms with Crippen LogP contribution in [0.4, 0.5) is 5.69 Å². The van der Waals surface area contributed by atoms with E-state index in [2.05, 4.69) is 5.32 Å². The molecule has 4 fully saturated rings. The number of carbonyl (C=O) groups excluding carboxylic acids is 1. The summed E-state index contributed by atoms with van der Waals surface area (Å²) in [5.41, 5.74) is 1.75. The van der Waals surface area contributed by atoms with Gasteiger partial charge in [0.25, 0.3) is 0 Å². The predicted octanol–water partition coefficient (Wildman–Crippen LogP) is 4.80. The fraction of sp³-hybridized carbons (Fsp3) is 0.611. The van der Waals surface area contributed by atoms with Gasteiger partial charge in [-0.25, -0.2) is 0 Å². The number of anilines is 1. The maximum atomic E-state index is 13.0. The van der Waals surface area contributed by atoms with Gasteiger partial charge in [0.05, 0.1) is 5.41 Å². The van der Waals surface area contributed by atoms with E-state index < -0.39 is 0 Å². The number of halogens is 1. The van der Waals surface area contributed by atoms with Crippen molar-refractivity contribution in [2.75, 3.05) is 5.32 Å². The van der Waals surface area contributed by atoms with Gasteiger partial charge in [-0.15, -0.1) is 0 Å². The molecule has 112 valence electrons. The summed E-state index contributed by atoms with van der Waals surface area (Å²) in [6.07, 6.45) is 7.40. The van der Waals surface area contributed by atoms with Gasteiger partial charge in [-0.3, -0.25) is 4.79 Å². The summed E-state index contributed by atoms with van der Waals surface area (Å²) >= 11 is 6.16. The Balaban J connectivity index is 1.59. The highest BCUT2D eigenvalue weighted by Gasteiger charge is 2.54. The molecule has 0 saturated heterocycles. The summed E-state index contributed by atoms with van der Waals surface area (Å²) in [6, 6.07) is 5.74. The van der Waals surface area contributed by atoms with Crippen molar-refractivity contribution in [3.63, 3.8) is 0 Å². The van der Waals surface area contributed by atoms with Gasteiger partial charge in [0.1, 0.15) is 0 Å². The first-order chi connectivity index (χ1) is 10.1. The number of carbonyl (C=O) groups is 1. The van der Waals surface area contributed by atoms with Crippen molar-refractivity contribution < 1.29 is 4.79 Å². The second kappa shape index (κ2) is 4.74. The van der Waals surface area contributed by atoms with Gasteiger partial charge in [0.2, 0.25) is 5.91 Å². The summed E-state index contributed by atoms with van der Waals surface area (Å²) < 4.78 is 0. The molecule has 0 aliphatic heterocycles. The molecule has 0 aromatic heterocycles. The Labute approximate surface area is 131 Å². The fourth-order valence-corrected chi connectivity index (χ4v) is 5.56. The van der Waals surface area contributed by atoms with E-state index in [1.807, 2.05) is 25.1 Å². The van der Waals surface area contributed by atoms with E-state index in [0.29, 0.717) is 0 Å². The number of hydrogen-bond acceptors (Lipinski definition) is 1. The summed E-state index contributed by atoms with van der Waals surface area (Å²) in [4.78, 5) is 13.0. The van der Waals surface area contributed by atoms with Crippen molar-refractivity contribution in [1.82, 2.24) is 0 Å². The molecular weight excluding hydrogens is 282 g/mol. The third-order valence-electron chi connectivity index (χ3n) is 6.04. The Morgan fingerprint density at radius 2 is 1.71 bits per heavy atom. The molecule has 0 unspecified atom stereocenters. The zero-order chi connectivity index (χ0) is 14.6. The van der Waals surface area contributed by atoms with E-state index in [1.165, 1.54) is 19.3 Å². The Kier molecular flexibility index (Phi) is 3.08. The number of nitrogens with one attached hydrogen (secondary N) is 1. The molecule has 4 aliphatic carbocycles. The largest absolute Gasteiger partial charge is 0.325 e. The SMILES string of the molecule is Cc1c(Cl)cccc1NC(=O)C12CC3CC(CC(C3)C1)C2. The van der Waals surface area contributed by atoms with Crippen LogP contribution in [0, 0.1) is 30.1 Å². The van der Waals surface area contributed by atoms with Crippen molar-refractivity contribution >= 4 is 23.2 Å². The second-order valence-electron chi connectivity index (χ2n) is 7.56. The molecule has 4 aliphatic rings. The molecule has 1 N–H and O–H groups in total. The molecular formula is C18H22ClNO. The minimum Gasteiger partial charge on any atom is -0.325 e. The maximum absolute atomic E-state index is 13.0. The minimum atomic E-state index is -0.0937. The van der Waals surface area contributed by atoms with Crippen LogP contribution in [0.1, 0.15) is 44.1 Å². The molecule has 0 radical (unpaired) electrons. The maximum Gasteiger partial charge on any atom is 0.230 e. The van der Waals surface area contributed by atoms with Gasteiger partial charge in [0, 0.05) is 10.7 Å². The topological polar surface area (TPSA) is 29.1 Å². The smallest absolute Gasteiger partial charge is 0.230 e. The molecule has 1 aromatic carbocycles. The average Bonchev–Trinajstić information content (AvgIpc) is 2.42. The molecule has 0 atom stereocenters. The van der Waals surface area contributed by atoms with Crippen LogP contribution in [0.3, 0.4) is 0 Å². The molecule has 1 aromatic rings. The van der Waals surface area contributed by atoms with E-state index in [4.69, 9.17) is 11.6 Å². The third-order valence-corrected chi connectivity index (χ3v) is 6.45. The molecule has 4 bridgehead atoms. The Morgan fingerprint density at radius 1 is 1.14 bits per heavy atom. The van der Waals surface area contributed by atoms with E-state index in [9.17, 15) is 4.79 Å². The van der Waals surface area contributed by atoms with Crippen molar-refractivity contribution in [2.45, 2.75) is 45.4 Å². The first kappa shape index (κ1) is 13.6. The van der Waals surface area contributed by atoms with Crippen molar-refractivity contribution in [3.05, 3.63) is 28.8 Å². The standard InChI is InChI=1S/C18H22ClNO/c1-11-15(19)3-2-4-16(11)20-17(21)18-8-12-5-13(9-18)7-14(6-12)10-18/h2-4,12-14H,5-10H2,1H3,(H,20,21). The number of rotatable bonds is 2. The first-order valence-corrected chi connectivity index (χ1v) is 8.50. The summed E-state index contributed by atoms with van der Waals surface area (Å²) in [5.74, 6) is 2.62. The zero-order valence-corrected chi connectivity index (χ0v) is 13.2. The van der Waals surface area contributed by atoms with Crippen molar-refractivity contribution in [3.8, 4) is 0 Å². The van der Waals surface area contributed by atoms with E-state index >= 15 is 0 Å². The van der Waals surface area contributed by atoms with Crippen LogP contribution in [-0.2, 0) is 4.79 Å². The van der Waals surface area contributed by atoms with Gasteiger partial charge < -0.3 is 5.32 Å². The van der Waals surface area contributed by atoms with Gasteiger partial charge >= 0.3 is 0 Å². The third kappa shape index (κ3) is 2.19. The number of hydrogen-bond donors (Lipinski definition) is 1. The lowest BCUT2D eigenvalue weighted by molar-refractivity contribution is -0.140. The molecule has 0 spiro atoms. The van der Waals surface area contributed by atoms with E-state index in [0.717, 1.165) is 53.3 Å². The van der Waals surface area contributed by atoms with Crippen LogP contribution in [0.5, 0.6) is 0 Å². The fourth-order valence-electron chi connectivity index (χ4n) is 5.39. The Morgan fingerprint density at radius 3 is 2.29 bits per heavy atom. The number of amides is 1. The molecule has 2 nitrogen and oxygen atoms in total. The monoisotopic (exact) mass is 303 g/mol. The average molecular weight is 304 g/mol. The lowest BCUT2D eigenvalue weighted by Crippen LogP contribution is -2.51. The summed E-state index contributed by atoms with van der Waals surface area (Å²) in [6.45, 7) is 1.97. The van der Waals surface area contributed by atoms with Crippen molar-refractivity contribution in [1.29, 1.82) is 0 Å². The van der Waals surface area contributed by atoms with Crippen LogP contribution < -0.4 is 5.32 Å². The highest BCUT2D eigenvalue weighted by Crippen LogP contribution is 2.60. The second-order valence-corrected chi connectivity index (χ2v) is 7.97. The van der Waals surface area contributed by atoms with Gasteiger partial charge in [-0.2, -0.15) is 0 Å². The van der Waals surface area contributed by atoms with Crippen LogP contribution >= 0.6 is 11.6 Å². The Bertz CT molecular complexity index is 560. The Hall–Kier alpha value is -1.02. The normalized spacial score (nSPS) is 36.8. The predicted molar refractivity (Wildman–Crippen MR) is 85.4 cm³/mol. The highest BCUT2D eigenvalue weighted by molar-refractivity contribution is 6.31. The van der Waals surface area contributed by atoms with Gasteiger partial charge in [-0.05, 0) is 80.9 Å². The molecule has 3 heteroatoms. The van der Waals surface area contributed by atoms with Crippen LogP contribution in [-0.4, -0.2) is 5.91 Å². The first-order valence-electron chi connectivity index (χ1n) is 8.12. The van der Waals surface area contributed by atoms with Crippen LogP contribution in [0.2, 0.25) is 5.02 Å².